The number of aliphatic imine (C=N–C) groups is 1. The van der Waals surface area contributed by atoms with E-state index in [1.807, 2.05) is 12.1 Å². The van der Waals surface area contributed by atoms with E-state index in [0.717, 1.165) is 43.8 Å². The molecule has 3 rings (SSSR count). The van der Waals surface area contributed by atoms with Crippen LogP contribution in [0.3, 0.4) is 0 Å². The maximum absolute atomic E-state index is 5.28. The highest BCUT2D eigenvalue weighted by Gasteiger charge is 2.20. The third-order valence-corrected chi connectivity index (χ3v) is 3.48. The van der Waals surface area contributed by atoms with Crippen molar-refractivity contribution in [3.05, 3.63) is 24.2 Å². The summed E-state index contributed by atoms with van der Waals surface area (Å²) in [6, 6.07) is 3.67. The number of aromatic amines is 1. The molecule has 2 heterocycles. The van der Waals surface area contributed by atoms with Gasteiger partial charge in [0.1, 0.15) is 5.82 Å². The molecule has 0 spiro atoms. The first kappa shape index (κ1) is 17.8. The Labute approximate surface area is 152 Å². The number of H-pyrrole nitrogens is 1. The summed E-state index contributed by atoms with van der Waals surface area (Å²) in [7, 11) is 0. The maximum atomic E-state index is 5.28. The molecule has 0 aromatic carbocycles. The fourth-order valence-electron chi connectivity index (χ4n) is 2.08. The maximum Gasteiger partial charge on any atom is 0.216 e. The summed E-state index contributed by atoms with van der Waals surface area (Å²) in [5, 5.41) is 13.7. The number of halogens is 1. The van der Waals surface area contributed by atoms with E-state index in [1.165, 1.54) is 12.8 Å². The summed E-state index contributed by atoms with van der Waals surface area (Å²) in [6.07, 6.45) is 5.00. The molecule has 0 radical (unpaired) electrons. The van der Waals surface area contributed by atoms with Gasteiger partial charge in [0.25, 0.3) is 0 Å². The van der Waals surface area contributed by atoms with Gasteiger partial charge in [-0.2, -0.15) is 5.10 Å². The lowest BCUT2D eigenvalue weighted by Crippen LogP contribution is -2.38. The van der Waals surface area contributed by atoms with Crippen molar-refractivity contribution >= 4 is 29.9 Å². The van der Waals surface area contributed by atoms with E-state index in [0.29, 0.717) is 11.6 Å². The van der Waals surface area contributed by atoms with Crippen LogP contribution in [0.15, 0.2) is 27.8 Å². The van der Waals surface area contributed by atoms with E-state index < -0.39 is 0 Å². The Bertz CT molecular complexity index is 605. The minimum Gasteiger partial charge on any atom is -0.461 e. The Morgan fingerprint density at radius 3 is 3.00 bits per heavy atom. The van der Waals surface area contributed by atoms with Crippen molar-refractivity contribution < 1.29 is 4.42 Å². The van der Waals surface area contributed by atoms with Crippen molar-refractivity contribution in [1.82, 2.24) is 25.8 Å². The lowest BCUT2D eigenvalue weighted by atomic mass is 10.4. The largest absolute Gasteiger partial charge is 0.461 e. The summed E-state index contributed by atoms with van der Waals surface area (Å²) in [4.78, 5) is 9.00. The van der Waals surface area contributed by atoms with Crippen molar-refractivity contribution in [2.45, 2.75) is 26.2 Å². The molecule has 7 nitrogen and oxygen atoms in total. The fourth-order valence-corrected chi connectivity index (χ4v) is 2.08. The van der Waals surface area contributed by atoms with Crippen molar-refractivity contribution in [3.8, 4) is 11.6 Å². The first-order valence-electron chi connectivity index (χ1n) is 7.82. The topological polar surface area (TPSA) is 91.1 Å². The van der Waals surface area contributed by atoms with Gasteiger partial charge in [0, 0.05) is 26.1 Å². The molecule has 2 aromatic heterocycles. The Morgan fingerprint density at radius 2 is 2.30 bits per heavy atom. The molecule has 0 saturated heterocycles. The summed E-state index contributed by atoms with van der Waals surface area (Å²) in [6.45, 7) is 4.60. The van der Waals surface area contributed by atoms with Crippen LogP contribution in [0.2, 0.25) is 0 Å². The van der Waals surface area contributed by atoms with Crippen LogP contribution in [0.1, 0.15) is 25.6 Å². The molecule has 0 bridgehead atoms. The van der Waals surface area contributed by atoms with Gasteiger partial charge in [-0.15, -0.1) is 24.0 Å². The summed E-state index contributed by atoms with van der Waals surface area (Å²) >= 11 is 0. The second-order valence-electron chi connectivity index (χ2n) is 5.42. The van der Waals surface area contributed by atoms with Crippen LogP contribution < -0.4 is 10.6 Å². The van der Waals surface area contributed by atoms with Crippen LogP contribution in [0, 0.1) is 5.92 Å². The third-order valence-electron chi connectivity index (χ3n) is 3.48. The molecule has 3 N–H and O–H groups in total. The third kappa shape index (κ3) is 5.52. The number of nitrogens with one attached hydrogen (secondary N) is 3. The zero-order valence-electron chi connectivity index (χ0n) is 13.2. The molecule has 0 atom stereocenters. The average Bonchev–Trinajstić information content (AvgIpc) is 3.01. The zero-order valence-corrected chi connectivity index (χ0v) is 15.5. The van der Waals surface area contributed by atoms with Crippen molar-refractivity contribution in [1.29, 1.82) is 0 Å². The highest BCUT2D eigenvalue weighted by Crippen LogP contribution is 2.28. The van der Waals surface area contributed by atoms with Gasteiger partial charge in [0.05, 0.1) is 6.26 Å². The van der Waals surface area contributed by atoms with Gasteiger partial charge in [0.2, 0.25) is 5.82 Å². The number of nitrogens with zero attached hydrogens (tertiary/aromatic N) is 3. The summed E-state index contributed by atoms with van der Waals surface area (Å²) in [5.41, 5.74) is 0. The smallest absolute Gasteiger partial charge is 0.216 e. The number of guanidine groups is 1. The number of hydrogen-bond acceptors (Lipinski definition) is 4. The van der Waals surface area contributed by atoms with Crippen LogP contribution >= 0.6 is 24.0 Å². The molecule has 0 unspecified atom stereocenters. The summed E-state index contributed by atoms with van der Waals surface area (Å²) < 4.78 is 5.28. The summed E-state index contributed by atoms with van der Waals surface area (Å²) in [5.74, 6) is 3.77. The molecule has 0 amide bonds. The number of furan rings is 1. The fraction of sp³-hybridized carbons (Fsp3) is 0.533. The van der Waals surface area contributed by atoms with Crippen LogP contribution in [-0.2, 0) is 6.42 Å². The minimum atomic E-state index is 0. The number of rotatable bonds is 7. The quantitative estimate of drug-likeness (QED) is 0.356. The van der Waals surface area contributed by atoms with Gasteiger partial charge in [-0.1, -0.05) is 0 Å². The molecule has 23 heavy (non-hydrogen) atoms. The van der Waals surface area contributed by atoms with E-state index in [4.69, 9.17) is 4.42 Å². The zero-order chi connectivity index (χ0) is 15.2. The monoisotopic (exact) mass is 430 g/mol. The van der Waals surface area contributed by atoms with E-state index >= 15 is 0 Å². The Morgan fingerprint density at radius 1 is 1.43 bits per heavy atom. The molecular formula is C15H23IN6O. The molecule has 126 valence electrons. The Balaban J connectivity index is 0.00000192. The van der Waals surface area contributed by atoms with Crippen molar-refractivity contribution in [2.24, 2.45) is 10.9 Å². The molecule has 8 heteroatoms. The van der Waals surface area contributed by atoms with E-state index in [-0.39, 0.29) is 24.0 Å². The number of aromatic nitrogens is 3. The molecular weight excluding hydrogens is 407 g/mol. The molecule has 2 aromatic rings. The Hall–Kier alpha value is -1.58. The van der Waals surface area contributed by atoms with Crippen molar-refractivity contribution in [2.75, 3.05) is 19.6 Å². The van der Waals surface area contributed by atoms with Gasteiger partial charge in [-0.05, 0) is 37.8 Å². The Kier molecular flexibility index (Phi) is 6.87. The highest BCUT2D eigenvalue weighted by molar-refractivity contribution is 14.0. The van der Waals surface area contributed by atoms with Gasteiger partial charge in [-0.25, -0.2) is 4.98 Å². The second-order valence-corrected chi connectivity index (χ2v) is 5.42. The standard InChI is InChI=1S/C15H22N6O.HI/c1-2-16-15(18-10-11-5-6-11)17-8-7-13-19-14(21-20-13)12-4-3-9-22-12;/h3-4,9,11H,2,5-8,10H2,1H3,(H2,16,17,18)(H,19,20,21);1H. The molecule has 0 aliphatic heterocycles. The normalized spacial score (nSPS) is 14.4. The van der Waals surface area contributed by atoms with Gasteiger partial charge in [-0.3, -0.25) is 10.1 Å². The number of hydrogen-bond donors (Lipinski definition) is 3. The van der Waals surface area contributed by atoms with Crippen LogP contribution in [-0.4, -0.2) is 40.8 Å². The van der Waals surface area contributed by atoms with E-state index in [9.17, 15) is 0 Å². The van der Waals surface area contributed by atoms with Crippen LogP contribution in [0.4, 0.5) is 0 Å². The first-order valence-corrected chi connectivity index (χ1v) is 7.82. The average molecular weight is 430 g/mol. The van der Waals surface area contributed by atoms with Gasteiger partial charge in [0.15, 0.2) is 11.7 Å². The lowest BCUT2D eigenvalue weighted by Gasteiger charge is -2.10. The van der Waals surface area contributed by atoms with Crippen molar-refractivity contribution in [3.63, 3.8) is 0 Å². The molecule has 1 aliphatic carbocycles. The molecule has 1 fully saturated rings. The van der Waals surface area contributed by atoms with Gasteiger partial charge >= 0.3 is 0 Å². The van der Waals surface area contributed by atoms with E-state index in [2.05, 4.69) is 37.7 Å². The lowest BCUT2D eigenvalue weighted by molar-refractivity contribution is 0.577. The predicted molar refractivity (Wildman–Crippen MR) is 99.9 cm³/mol. The second kappa shape index (κ2) is 8.90. The SMILES string of the molecule is CCNC(=NCC1CC1)NCCc1nc(-c2ccco2)n[nH]1.I. The van der Waals surface area contributed by atoms with Crippen LogP contribution in [0.25, 0.3) is 11.6 Å². The van der Waals surface area contributed by atoms with E-state index in [1.54, 1.807) is 6.26 Å². The molecule has 1 saturated carbocycles. The van der Waals surface area contributed by atoms with Crippen LogP contribution in [0.5, 0.6) is 0 Å². The first-order chi connectivity index (χ1) is 10.8. The molecule has 1 aliphatic rings. The highest BCUT2D eigenvalue weighted by atomic mass is 127. The predicted octanol–water partition coefficient (Wildman–Crippen LogP) is 2.19. The van der Waals surface area contributed by atoms with Gasteiger partial charge < -0.3 is 15.1 Å². The minimum absolute atomic E-state index is 0.